The number of aromatic nitrogens is 1. The summed E-state index contributed by atoms with van der Waals surface area (Å²) in [6.45, 7) is 5.65. The molecule has 2 aromatic heterocycles. The Hall–Kier alpha value is -3.37. The van der Waals surface area contributed by atoms with Crippen molar-refractivity contribution in [3.63, 3.8) is 0 Å². The fourth-order valence-electron chi connectivity index (χ4n) is 3.13. The number of thiophene rings is 1. The van der Waals surface area contributed by atoms with E-state index in [-0.39, 0.29) is 12.2 Å². The molecule has 0 saturated carbocycles. The normalized spacial score (nSPS) is 11.3. The van der Waals surface area contributed by atoms with Crippen molar-refractivity contribution in [2.75, 3.05) is 11.9 Å². The molecule has 0 saturated heterocycles. The maximum absolute atomic E-state index is 12.8. The van der Waals surface area contributed by atoms with Crippen molar-refractivity contribution in [2.45, 2.75) is 20.8 Å². The van der Waals surface area contributed by atoms with Crippen molar-refractivity contribution in [3.05, 3.63) is 57.6 Å². The molecular weight excluding hydrogens is 386 g/mol. The van der Waals surface area contributed by atoms with E-state index in [1.807, 2.05) is 62.0 Å². The highest BCUT2D eigenvalue weighted by Crippen LogP contribution is 2.33. The summed E-state index contributed by atoms with van der Waals surface area (Å²) >= 11 is 1.29. The molecule has 0 fully saturated rings. The molecule has 7 heteroatoms. The average Bonchev–Trinajstić information content (AvgIpc) is 3.16. The van der Waals surface area contributed by atoms with Crippen molar-refractivity contribution in [2.24, 2.45) is 7.05 Å². The first kappa shape index (κ1) is 20.4. The average molecular weight is 407 g/mol. The molecule has 0 aliphatic heterocycles. The summed E-state index contributed by atoms with van der Waals surface area (Å²) in [6, 6.07) is 9.73. The summed E-state index contributed by atoms with van der Waals surface area (Å²) in [7, 11) is 1.91. The first-order valence-corrected chi connectivity index (χ1v) is 9.93. The number of benzene rings is 1. The van der Waals surface area contributed by atoms with Crippen LogP contribution in [0.3, 0.4) is 0 Å². The van der Waals surface area contributed by atoms with Crippen LogP contribution in [0.25, 0.3) is 17.0 Å². The van der Waals surface area contributed by atoms with Gasteiger partial charge in [-0.2, -0.15) is 5.26 Å². The molecule has 0 radical (unpaired) electrons. The Labute approximate surface area is 173 Å². The van der Waals surface area contributed by atoms with Gasteiger partial charge in [0.1, 0.15) is 16.6 Å². The van der Waals surface area contributed by atoms with Gasteiger partial charge in [0.2, 0.25) is 0 Å². The minimum Gasteiger partial charge on any atom is -0.462 e. The number of aryl methyl sites for hydroxylation is 2. The van der Waals surface area contributed by atoms with Crippen molar-refractivity contribution in [1.82, 2.24) is 4.57 Å². The highest BCUT2D eigenvalue weighted by atomic mass is 32.1. The van der Waals surface area contributed by atoms with Gasteiger partial charge in [-0.1, -0.05) is 18.2 Å². The van der Waals surface area contributed by atoms with Crippen molar-refractivity contribution in [1.29, 1.82) is 5.26 Å². The first-order chi connectivity index (χ1) is 13.9. The lowest BCUT2D eigenvalue weighted by Crippen LogP contribution is -2.16. The Morgan fingerprint density at radius 2 is 2.03 bits per heavy atom. The maximum Gasteiger partial charge on any atom is 0.341 e. The Morgan fingerprint density at radius 1 is 1.31 bits per heavy atom. The minimum absolute atomic E-state index is 0.0418. The van der Waals surface area contributed by atoms with Crippen LogP contribution in [0, 0.1) is 25.2 Å². The van der Waals surface area contributed by atoms with E-state index in [2.05, 4.69) is 5.32 Å². The second kappa shape index (κ2) is 8.33. The van der Waals surface area contributed by atoms with Gasteiger partial charge < -0.3 is 14.6 Å². The highest BCUT2D eigenvalue weighted by Gasteiger charge is 2.23. The van der Waals surface area contributed by atoms with Crippen LogP contribution in [0.15, 0.2) is 36.0 Å². The smallest absolute Gasteiger partial charge is 0.341 e. The number of carbonyl (C=O) groups excluding carboxylic acids is 2. The van der Waals surface area contributed by atoms with Crippen molar-refractivity contribution >= 4 is 45.2 Å². The zero-order valence-corrected chi connectivity index (χ0v) is 17.5. The van der Waals surface area contributed by atoms with Crippen LogP contribution in [0.1, 0.15) is 33.3 Å². The van der Waals surface area contributed by atoms with E-state index in [1.54, 1.807) is 13.0 Å². The molecule has 0 aliphatic carbocycles. The molecule has 1 aromatic carbocycles. The molecule has 3 aromatic rings. The quantitative estimate of drug-likeness (QED) is 0.381. The lowest BCUT2D eigenvalue weighted by molar-refractivity contribution is -0.112. The number of hydrogen-bond acceptors (Lipinski definition) is 5. The number of carbonyl (C=O) groups is 2. The number of fused-ring (bicyclic) bond motifs is 1. The summed E-state index contributed by atoms with van der Waals surface area (Å²) in [5, 5.41) is 13.6. The Kier molecular flexibility index (Phi) is 5.85. The largest absolute Gasteiger partial charge is 0.462 e. The van der Waals surface area contributed by atoms with E-state index in [4.69, 9.17) is 4.74 Å². The zero-order valence-electron chi connectivity index (χ0n) is 16.7. The van der Waals surface area contributed by atoms with Gasteiger partial charge in [-0.05, 0) is 38.5 Å². The van der Waals surface area contributed by atoms with Gasteiger partial charge in [0.15, 0.2) is 0 Å². The Bertz CT molecular complexity index is 1180. The summed E-state index contributed by atoms with van der Waals surface area (Å²) < 4.78 is 7.06. The molecule has 0 unspecified atom stereocenters. The number of nitrogens with zero attached hydrogens (tertiary/aromatic N) is 2. The summed E-state index contributed by atoms with van der Waals surface area (Å²) in [5.74, 6) is -1.05. The lowest BCUT2D eigenvalue weighted by atomic mass is 10.1. The molecule has 0 spiro atoms. The number of esters is 1. The van der Waals surface area contributed by atoms with Gasteiger partial charge in [-0.15, -0.1) is 11.3 Å². The van der Waals surface area contributed by atoms with Gasteiger partial charge in [0.25, 0.3) is 5.91 Å². The van der Waals surface area contributed by atoms with Gasteiger partial charge in [0, 0.05) is 34.6 Å². The Balaban J connectivity index is 1.96. The van der Waals surface area contributed by atoms with Crippen LogP contribution in [-0.2, 0) is 16.6 Å². The summed E-state index contributed by atoms with van der Waals surface area (Å²) in [5.41, 5.74) is 2.84. The number of amides is 1. The van der Waals surface area contributed by atoms with Crippen LogP contribution in [-0.4, -0.2) is 23.1 Å². The second-order valence-electron chi connectivity index (χ2n) is 6.54. The summed E-state index contributed by atoms with van der Waals surface area (Å²) in [4.78, 5) is 26.0. The van der Waals surface area contributed by atoms with E-state index in [1.165, 1.54) is 11.3 Å². The molecule has 148 valence electrons. The molecule has 29 heavy (non-hydrogen) atoms. The maximum atomic E-state index is 12.8. The van der Waals surface area contributed by atoms with Gasteiger partial charge in [0.05, 0.1) is 12.2 Å². The Morgan fingerprint density at radius 3 is 2.72 bits per heavy atom. The van der Waals surface area contributed by atoms with E-state index < -0.39 is 11.9 Å². The molecule has 1 amide bonds. The predicted molar refractivity (Wildman–Crippen MR) is 115 cm³/mol. The number of para-hydroxylation sites is 1. The topological polar surface area (TPSA) is 84.1 Å². The second-order valence-corrected chi connectivity index (χ2v) is 7.77. The van der Waals surface area contributed by atoms with E-state index in [0.717, 1.165) is 26.9 Å². The number of nitriles is 1. The standard InChI is InChI=1S/C22H21N3O3S/c1-5-28-22(27)19-13(2)14(3)29-21(19)24-20(26)15(11-23)10-16-12-25(4)18-9-7-6-8-17(16)18/h6-10,12H,5H2,1-4H3,(H,24,26)/b15-10+. The molecule has 3 rings (SSSR count). The van der Waals surface area contributed by atoms with E-state index in [9.17, 15) is 14.9 Å². The fraction of sp³-hybridized carbons (Fsp3) is 0.227. The molecule has 0 bridgehead atoms. The lowest BCUT2D eigenvalue weighted by Gasteiger charge is -2.06. The van der Waals surface area contributed by atoms with E-state index in [0.29, 0.717) is 10.6 Å². The van der Waals surface area contributed by atoms with E-state index >= 15 is 0 Å². The molecule has 1 N–H and O–H groups in total. The molecular formula is C22H21N3O3S. The number of hydrogen-bond donors (Lipinski definition) is 1. The molecule has 6 nitrogen and oxygen atoms in total. The SMILES string of the molecule is CCOC(=O)c1c(NC(=O)/C(C#N)=C/c2cn(C)c3ccccc23)sc(C)c1C. The fourth-order valence-corrected chi connectivity index (χ4v) is 4.17. The third-order valence-corrected chi connectivity index (χ3v) is 5.81. The third kappa shape index (κ3) is 3.93. The number of anilines is 1. The number of ether oxygens (including phenoxy) is 1. The van der Waals surface area contributed by atoms with Crippen molar-refractivity contribution < 1.29 is 14.3 Å². The van der Waals surface area contributed by atoms with Gasteiger partial charge in [-0.3, -0.25) is 4.79 Å². The van der Waals surface area contributed by atoms with Crippen molar-refractivity contribution in [3.8, 4) is 6.07 Å². The highest BCUT2D eigenvalue weighted by molar-refractivity contribution is 7.16. The molecule has 2 heterocycles. The van der Waals surface area contributed by atoms with Crippen LogP contribution in [0.5, 0.6) is 0 Å². The molecule has 0 atom stereocenters. The van der Waals surface area contributed by atoms with Crippen LogP contribution < -0.4 is 5.32 Å². The minimum atomic E-state index is -0.563. The van der Waals surface area contributed by atoms with Crippen LogP contribution in [0.2, 0.25) is 0 Å². The van der Waals surface area contributed by atoms with Gasteiger partial charge in [-0.25, -0.2) is 4.79 Å². The van der Waals surface area contributed by atoms with Crippen LogP contribution >= 0.6 is 11.3 Å². The number of rotatable bonds is 5. The molecule has 0 aliphatic rings. The van der Waals surface area contributed by atoms with Gasteiger partial charge >= 0.3 is 5.97 Å². The monoisotopic (exact) mass is 407 g/mol. The number of nitrogens with one attached hydrogen (secondary N) is 1. The van der Waals surface area contributed by atoms with Crippen LogP contribution in [0.4, 0.5) is 5.00 Å². The predicted octanol–water partition coefficient (Wildman–Crippen LogP) is 4.58. The third-order valence-electron chi connectivity index (χ3n) is 4.68. The summed E-state index contributed by atoms with van der Waals surface area (Å²) in [6.07, 6.45) is 3.44. The zero-order chi connectivity index (χ0) is 21.1. The first-order valence-electron chi connectivity index (χ1n) is 9.11.